The molecule has 2 fully saturated rings. The Labute approximate surface area is 141 Å². The topological polar surface area (TPSA) is 6.48 Å². The first-order valence-electron chi connectivity index (χ1n) is 9.51. The summed E-state index contributed by atoms with van der Waals surface area (Å²) >= 11 is 0. The second-order valence-electron chi connectivity index (χ2n) is 7.79. The number of allylic oxidation sites excluding steroid dienone is 2. The molecular formula is C21H30N2. The lowest BCUT2D eigenvalue weighted by atomic mass is 9.93. The summed E-state index contributed by atoms with van der Waals surface area (Å²) in [6.45, 7) is 9.65. The van der Waals surface area contributed by atoms with E-state index >= 15 is 0 Å². The van der Waals surface area contributed by atoms with Crippen LogP contribution in [-0.4, -0.2) is 42.5 Å². The van der Waals surface area contributed by atoms with E-state index in [-0.39, 0.29) is 0 Å². The van der Waals surface area contributed by atoms with Crippen LogP contribution in [0.4, 0.5) is 0 Å². The highest BCUT2D eigenvalue weighted by molar-refractivity contribution is 5.22. The van der Waals surface area contributed by atoms with Crippen LogP contribution in [0.2, 0.25) is 0 Å². The quantitative estimate of drug-likeness (QED) is 0.767. The van der Waals surface area contributed by atoms with Gasteiger partial charge >= 0.3 is 0 Å². The van der Waals surface area contributed by atoms with Gasteiger partial charge in [0.05, 0.1) is 0 Å². The van der Waals surface area contributed by atoms with Gasteiger partial charge in [-0.15, -0.1) is 0 Å². The molecule has 1 aromatic rings. The van der Waals surface area contributed by atoms with Gasteiger partial charge < -0.3 is 4.90 Å². The van der Waals surface area contributed by atoms with Crippen LogP contribution in [0.5, 0.6) is 0 Å². The maximum Gasteiger partial charge on any atom is 0.0234 e. The zero-order chi connectivity index (χ0) is 15.6. The highest BCUT2D eigenvalue weighted by Crippen LogP contribution is 2.43. The van der Waals surface area contributed by atoms with Crippen molar-refractivity contribution in [3.05, 3.63) is 47.5 Å². The van der Waals surface area contributed by atoms with Gasteiger partial charge in [0.2, 0.25) is 0 Å². The molecular weight excluding hydrogens is 280 g/mol. The summed E-state index contributed by atoms with van der Waals surface area (Å²) in [4.78, 5) is 5.34. The predicted molar refractivity (Wildman–Crippen MR) is 96.4 cm³/mol. The van der Waals surface area contributed by atoms with E-state index in [2.05, 4.69) is 53.1 Å². The molecule has 0 unspecified atom stereocenters. The summed E-state index contributed by atoms with van der Waals surface area (Å²) in [5, 5.41) is 0. The normalized spacial score (nSPS) is 31.1. The van der Waals surface area contributed by atoms with Gasteiger partial charge in [-0.2, -0.15) is 0 Å². The minimum absolute atomic E-state index is 0.898. The lowest BCUT2D eigenvalue weighted by Gasteiger charge is -2.37. The van der Waals surface area contributed by atoms with Crippen LogP contribution in [0.15, 0.2) is 36.4 Å². The molecule has 23 heavy (non-hydrogen) atoms. The molecule has 1 saturated heterocycles. The molecule has 0 amide bonds. The summed E-state index contributed by atoms with van der Waals surface area (Å²) in [5.41, 5.74) is 2.91. The number of piperazine rings is 1. The zero-order valence-electron chi connectivity index (χ0n) is 14.5. The van der Waals surface area contributed by atoms with Gasteiger partial charge in [0.25, 0.3) is 0 Å². The van der Waals surface area contributed by atoms with Crippen LogP contribution >= 0.6 is 0 Å². The maximum atomic E-state index is 2.72. The molecule has 2 heteroatoms. The summed E-state index contributed by atoms with van der Waals surface area (Å²) < 4.78 is 0. The van der Waals surface area contributed by atoms with Gasteiger partial charge in [-0.1, -0.05) is 43.3 Å². The fraction of sp³-hybridized carbons (Fsp3) is 0.619. The molecule has 1 heterocycles. The molecule has 0 aromatic heterocycles. The van der Waals surface area contributed by atoms with Crippen LogP contribution in [0.3, 0.4) is 0 Å². The second-order valence-corrected chi connectivity index (χ2v) is 7.79. The third kappa shape index (κ3) is 3.54. The molecule has 1 saturated carbocycles. The Balaban J connectivity index is 1.23. The van der Waals surface area contributed by atoms with E-state index in [9.17, 15) is 0 Å². The van der Waals surface area contributed by atoms with E-state index in [1.807, 2.05) is 0 Å². The van der Waals surface area contributed by atoms with E-state index in [1.165, 1.54) is 56.7 Å². The van der Waals surface area contributed by atoms with E-state index < -0.39 is 0 Å². The van der Waals surface area contributed by atoms with Crippen LogP contribution in [0, 0.1) is 17.8 Å². The molecule has 3 aliphatic rings. The smallest absolute Gasteiger partial charge is 0.0234 e. The monoisotopic (exact) mass is 310 g/mol. The Morgan fingerprint density at radius 1 is 0.870 bits per heavy atom. The highest BCUT2D eigenvalue weighted by Gasteiger charge is 2.36. The molecule has 1 aromatic carbocycles. The van der Waals surface area contributed by atoms with Gasteiger partial charge in [0.15, 0.2) is 0 Å². The summed E-state index contributed by atoms with van der Waals surface area (Å²) in [7, 11) is 0. The molecule has 3 atom stereocenters. The molecule has 2 nitrogen and oxygen atoms in total. The average molecular weight is 310 g/mol. The Morgan fingerprint density at radius 3 is 2.17 bits per heavy atom. The Kier molecular flexibility index (Phi) is 4.54. The predicted octanol–water partition coefficient (Wildman–Crippen LogP) is 3.58. The van der Waals surface area contributed by atoms with Crippen LogP contribution in [0.25, 0.3) is 0 Å². The minimum atomic E-state index is 0.898. The Bertz CT molecular complexity index is 539. The SMILES string of the molecule is CCc1ccc(CN2CCN(C[C@H]3C[C@H]4C=C[C@@H]3C4)CC2)cc1. The molecule has 2 bridgehead atoms. The Morgan fingerprint density at radius 2 is 1.57 bits per heavy atom. The minimum Gasteiger partial charge on any atom is -0.300 e. The second kappa shape index (κ2) is 6.78. The summed E-state index contributed by atoms with van der Waals surface area (Å²) in [6, 6.07) is 9.20. The first-order chi connectivity index (χ1) is 11.3. The highest BCUT2D eigenvalue weighted by atomic mass is 15.3. The lowest BCUT2D eigenvalue weighted by Crippen LogP contribution is -2.47. The van der Waals surface area contributed by atoms with Crippen molar-refractivity contribution < 1.29 is 0 Å². The van der Waals surface area contributed by atoms with Gasteiger partial charge in [-0.3, -0.25) is 4.90 Å². The molecule has 0 spiro atoms. The van der Waals surface area contributed by atoms with E-state index in [0.29, 0.717) is 0 Å². The van der Waals surface area contributed by atoms with Gasteiger partial charge in [0.1, 0.15) is 0 Å². The average Bonchev–Trinajstić information content (AvgIpc) is 3.20. The van der Waals surface area contributed by atoms with Gasteiger partial charge in [-0.05, 0) is 48.1 Å². The zero-order valence-corrected chi connectivity index (χ0v) is 14.5. The lowest BCUT2D eigenvalue weighted by molar-refractivity contribution is 0.108. The fourth-order valence-corrected chi connectivity index (χ4v) is 4.70. The van der Waals surface area contributed by atoms with Gasteiger partial charge in [0, 0.05) is 39.3 Å². The standard InChI is InChI=1S/C21H30N2/c1-2-17-3-5-18(6-4-17)15-22-9-11-23(12-10-22)16-21-14-19-7-8-20(21)13-19/h3-8,19-21H,2,9-16H2,1H3/t19-,20+,21+/m0/s1. The summed E-state index contributed by atoms with van der Waals surface area (Å²) in [5.74, 6) is 2.76. The molecule has 4 rings (SSSR count). The van der Waals surface area contributed by atoms with E-state index in [0.717, 1.165) is 30.7 Å². The molecule has 0 N–H and O–H groups in total. The first kappa shape index (κ1) is 15.4. The maximum absolute atomic E-state index is 2.72. The van der Waals surface area contributed by atoms with Crippen LogP contribution in [-0.2, 0) is 13.0 Å². The largest absolute Gasteiger partial charge is 0.300 e. The van der Waals surface area contributed by atoms with Crippen molar-refractivity contribution in [2.45, 2.75) is 32.7 Å². The third-order valence-electron chi connectivity index (χ3n) is 6.21. The number of nitrogens with zero attached hydrogens (tertiary/aromatic N) is 2. The van der Waals surface area contributed by atoms with Crippen LogP contribution in [0.1, 0.15) is 30.9 Å². The number of benzene rings is 1. The molecule has 2 aliphatic carbocycles. The van der Waals surface area contributed by atoms with E-state index in [1.54, 1.807) is 0 Å². The van der Waals surface area contributed by atoms with Crippen LogP contribution < -0.4 is 0 Å². The van der Waals surface area contributed by atoms with Crippen molar-refractivity contribution in [2.75, 3.05) is 32.7 Å². The fourth-order valence-electron chi connectivity index (χ4n) is 4.70. The number of fused-ring (bicyclic) bond motifs is 2. The molecule has 124 valence electrons. The molecule has 1 aliphatic heterocycles. The molecule has 0 radical (unpaired) electrons. The number of rotatable bonds is 5. The van der Waals surface area contributed by atoms with Crippen molar-refractivity contribution in [3.63, 3.8) is 0 Å². The van der Waals surface area contributed by atoms with Crippen molar-refractivity contribution in [1.29, 1.82) is 0 Å². The third-order valence-corrected chi connectivity index (χ3v) is 6.21. The van der Waals surface area contributed by atoms with Crippen molar-refractivity contribution in [2.24, 2.45) is 17.8 Å². The number of hydrogen-bond donors (Lipinski definition) is 0. The first-order valence-corrected chi connectivity index (χ1v) is 9.51. The van der Waals surface area contributed by atoms with Gasteiger partial charge in [-0.25, -0.2) is 0 Å². The summed E-state index contributed by atoms with van der Waals surface area (Å²) in [6.07, 6.45) is 8.98. The van der Waals surface area contributed by atoms with Crippen molar-refractivity contribution in [1.82, 2.24) is 9.80 Å². The Hall–Kier alpha value is -1.12. The van der Waals surface area contributed by atoms with Crippen molar-refractivity contribution >= 4 is 0 Å². The van der Waals surface area contributed by atoms with Crippen molar-refractivity contribution in [3.8, 4) is 0 Å². The number of aryl methyl sites for hydroxylation is 1. The van der Waals surface area contributed by atoms with E-state index in [4.69, 9.17) is 0 Å². The number of hydrogen-bond acceptors (Lipinski definition) is 2.